The van der Waals surface area contributed by atoms with Crippen molar-refractivity contribution < 1.29 is 18.7 Å². The molecule has 0 bridgehead atoms. The molecule has 0 spiro atoms. The second-order valence-electron chi connectivity index (χ2n) is 3.39. The van der Waals surface area contributed by atoms with Crippen molar-refractivity contribution in [2.75, 3.05) is 7.11 Å². The van der Waals surface area contributed by atoms with E-state index in [9.17, 15) is 9.18 Å². The van der Waals surface area contributed by atoms with Gasteiger partial charge in [0.15, 0.2) is 0 Å². The van der Waals surface area contributed by atoms with Crippen LogP contribution in [0.3, 0.4) is 0 Å². The van der Waals surface area contributed by atoms with Gasteiger partial charge < -0.3 is 9.47 Å². The van der Waals surface area contributed by atoms with Gasteiger partial charge in [-0.2, -0.15) is 0 Å². The van der Waals surface area contributed by atoms with E-state index < -0.39 is 12.1 Å². The predicted molar refractivity (Wildman–Crippen MR) is 57.8 cm³/mol. The second-order valence-corrected chi connectivity index (χ2v) is 3.39. The molecule has 3 nitrogen and oxygen atoms in total. The molecule has 0 saturated heterocycles. The standard InChI is InChI=1S/C12H15FO3/c1-4-11(16-8(2)14)10-7-9(13)5-6-12(10)15-3/h5-7,11H,4H2,1-3H3/t11-/m0/s1. The minimum absolute atomic E-state index is 0.374. The van der Waals surface area contributed by atoms with Crippen molar-refractivity contribution in [3.8, 4) is 5.75 Å². The number of hydrogen-bond acceptors (Lipinski definition) is 3. The van der Waals surface area contributed by atoms with E-state index >= 15 is 0 Å². The second kappa shape index (κ2) is 5.49. The lowest BCUT2D eigenvalue weighted by molar-refractivity contribution is -0.146. The molecule has 0 fully saturated rings. The van der Waals surface area contributed by atoms with Crippen LogP contribution in [0.1, 0.15) is 31.9 Å². The molecule has 0 unspecified atom stereocenters. The van der Waals surface area contributed by atoms with E-state index in [0.717, 1.165) is 0 Å². The van der Waals surface area contributed by atoms with Crippen molar-refractivity contribution in [2.45, 2.75) is 26.4 Å². The van der Waals surface area contributed by atoms with E-state index in [2.05, 4.69) is 0 Å². The zero-order valence-electron chi connectivity index (χ0n) is 9.62. The highest BCUT2D eigenvalue weighted by Crippen LogP contribution is 2.30. The van der Waals surface area contributed by atoms with E-state index in [-0.39, 0.29) is 5.82 Å². The van der Waals surface area contributed by atoms with Crippen LogP contribution in [0.2, 0.25) is 0 Å². The molecule has 0 aromatic heterocycles. The van der Waals surface area contributed by atoms with Crippen LogP contribution in [-0.4, -0.2) is 13.1 Å². The zero-order chi connectivity index (χ0) is 12.1. The van der Waals surface area contributed by atoms with Gasteiger partial charge in [0.2, 0.25) is 0 Å². The first-order valence-corrected chi connectivity index (χ1v) is 5.09. The third kappa shape index (κ3) is 2.95. The Balaban J connectivity index is 3.06. The van der Waals surface area contributed by atoms with Gasteiger partial charge in [0.05, 0.1) is 7.11 Å². The van der Waals surface area contributed by atoms with Crippen molar-refractivity contribution in [3.63, 3.8) is 0 Å². The summed E-state index contributed by atoms with van der Waals surface area (Å²) in [4.78, 5) is 10.9. The molecular formula is C12H15FO3. The van der Waals surface area contributed by atoms with Crippen LogP contribution >= 0.6 is 0 Å². The number of carbonyl (C=O) groups excluding carboxylic acids is 1. The average molecular weight is 226 g/mol. The molecule has 16 heavy (non-hydrogen) atoms. The van der Waals surface area contributed by atoms with Crippen molar-refractivity contribution in [1.29, 1.82) is 0 Å². The number of benzene rings is 1. The first-order chi connectivity index (χ1) is 7.58. The first kappa shape index (κ1) is 12.5. The topological polar surface area (TPSA) is 35.5 Å². The van der Waals surface area contributed by atoms with Gasteiger partial charge in [-0.15, -0.1) is 0 Å². The van der Waals surface area contributed by atoms with Crippen LogP contribution in [-0.2, 0) is 9.53 Å². The molecule has 0 aliphatic heterocycles. The smallest absolute Gasteiger partial charge is 0.303 e. The fourth-order valence-electron chi connectivity index (χ4n) is 1.52. The molecule has 0 amide bonds. The highest BCUT2D eigenvalue weighted by Gasteiger charge is 2.17. The van der Waals surface area contributed by atoms with Gasteiger partial charge >= 0.3 is 5.97 Å². The Morgan fingerprint density at radius 2 is 2.19 bits per heavy atom. The maximum Gasteiger partial charge on any atom is 0.303 e. The summed E-state index contributed by atoms with van der Waals surface area (Å²) in [6.07, 6.45) is 0.0995. The Morgan fingerprint density at radius 1 is 1.50 bits per heavy atom. The Hall–Kier alpha value is -1.58. The molecule has 1 aromatic carbocycles. The van der Waals surface area contributed by atoms with E-state index in [1.165, 1.54) is 32.2 Å². The van der Waals surface area contributed by atoms with Gasteiger partial charge in [0.1, 0.15) is 17.7 Å². The Bertz CT molecular complexity index is 377. The molecule has 1 atom stereocenters. The summed E-state index contributed by atoms with van der Waals surface area (Å²) in [7, 11) is 1.50. The molecule has 0 aliphatic carbocycles. The Labute approximate surface area is 94.2 Å². The molecule has 0 heterocycles. The predicted octanol–water partition coefficient (Wildman–Crippen LogP) is 2.85. The normalized spacial score (nSPS) is 12.0. The zero-order valence-corrected chi connectivity index (χ0v) is 9.62. The quantitative estimate of drug-likeness (QED) is 0.740. The minimum Gasteiger partial charge on any atom is -0.496 e. The number of methoxy groups -OCH3 is 1. The molecular weight excluding hydrogens is 211 g/mol. The molecule has 0 aliphatic rings. The van der Waals surface area contributed by atoms with E-state index in [4.69, 9.17) is 9.47 Å². The number of ether oxygens (including phenoxy) is 2. The van der Waals surface area contributed by atoms with E-state index in [1.807, 2.05) is 6.92 Å². The summed E-state index contributed by atoms with van der Waals surface area (Å²) in [6, 6.07) is 4.16. The van der Waals surface area contributed by atoms with Crippen molar-refractivity contribution in [3.05, 3.63) is 29.6 Å². The van der Waals surface area contributed by atoms with Crippen LogP contribution in [0.15, 0.2) is 18.2 Å². The number of rotatable bonds is 4. The Kier molecular flexibility index (Phi) is 4.28. The highest BCUT2D eigenvalue weighted by atomic mass is 19.1. The van der Waals surface area contributed by atoms with Gasteiger partial charge in [-0.05, 0) is 24.6 Å². The number of halogens is 1. The van der Waals surface area contributed by atoms with Gasteiger partial charge in [0, 0.05) is 12.5 Å². The molecule has 1 rings (SSSR count). The van der Waals surface area contributed by atoms with E-state index in [1.54, 1.807) is 0 Å². The molecule has 88 valence electrons. The molecule has 0 N–H and O–H groups in total. The maximum atomic E-state index is 13.1. The number of hydrogen-bond donors (Lipinski definition) is 0. The van der Waals surface area contributed by atoms with Crippen LogP contribution in [0.25, 0.3) is 0 Å². The third-order valence-electron chi connectivity index (χ3n) is 2.22. The lowest BCUT2D eigenvalue weighted by Gasteiger charge is -2.18. The van der Waals surface area contributed by atoms with Gasteiger partial charge in [0.25, 0.3) is 0 Å². The van der Waals surface area contributed by atoms with Gasteiger partial charge in [-0.25, -0.2) is 4.39 Å². The van der Waals surface area contributed by atoms with Crippen LogP contribution in [0.4, 0.5) is 4.39 Å². The summed E-state index contributed by atoms with van der Waals surface area (Å²) in [5.74, 6) is -0.242. The lowest BCUT2D eigenvalue weighted by Crippen LogP contribution is -2.09. The van der Waals surface area contributed by atoms with Gasteiger partial charge in [-0.1, -0.05) is 6.92 Å². The highest BCUT2D eigenvalue weighted by molar-refractivity contribution is 5.66. The average Bonchev–Trinajstić information content (AvgIpc) is 2.25. The molecule has 0 saturated carbocycles. The van der Waals surface area contributed by atoms with Crippen LogP contribution < -0.4 is 4.74 Å². The SMILES string of the molecule is CC[C@H](OC(C)=O)c1cc(F)ccc1OC. The Morgan fingerprint density at radius 3 is 2.69 bits per heavy atom. The van der Waals surface area contributed by atoms with Crippen molar-refractivity contribution in [2.24, 2.45) is 0 Å². The third-order valence-corrected chi connectivity index (χ3v) is 2.22. The lowest BCUT2D eigenvalue weighted by atomic mass is 10.1. The van der Waals surface area contributed by atoms with E-state index in [0.29, 0.717) is 17.7 Å². The van der Waals surface area contributed by atoms with Crippen molar-refractivity contribution >= 4 is 5.97 Å². The van der Waals surface area contributed by atoms with Gasteiger partial charge in [-0.3, -0.25) is 4.79 Å². The maximum absolute atomic E-state index is 13.1. The summed E-state index contributed by atoms with van der Waals surface area (Å²) < 4.78 is 23.3. The first-order valence-electron chi connectivity index (χ1n) is 5.09. The molecule has 4 heteroatoms. The summed E-state index contributed by atoms with van der Waals surface area (Å²) in [5.41, 5.74) is 0.556. The van der Waals surface area contributed by atoms with Crippen LogP contribution in [0, 0.1) is 5.82 Å². The number of carbonyl (C=O) groups is 1. The minimum atomic E-state index is -0.469. The molecule has 0 radical (unpaired) electrons. The molecule has 1 aromatic rings. The summed E-state index contributed by atoms with van der Waals surface area (Å²) in [6.45, 7) is 3.19. The fourth-order valence-corrected chi connectivity index (χ4v) is 1.52. The van der Waals surface area contributed by atoms with Crippen LogP contribution in [0.5, 0.6) is 5.75 Å². The monoisotopic (exact) mass is 226 g/mol. The largest absolute Gasteiger partial charge is 0.496 e. The fraction of sp³-hybridized carbons (Fsp3) is 0.417. The number of esters is 1. The summed E-state index contributed by atoms with van der Waals surface area (Å²) >= 11 is 0. The van der Waals surface area contributed by atoms with Crippen molar-refractivity contribution in [1.82, 2.24) is 0 Å². The summed E-state index contributed by atoms with van der Waals surface area (Å²) in [5, 5.41) is 0.